The number of nitrogens with zero attached hydrogens (tertiary/aromatic N) is 2. The number of benzene rings is 7. The summed E-state index contributed by atoms with van der Waals surface area (Å²) < 4.78 is 129. The van der Waals surface area contributed by atoms with Gasteiger partial charge in [-0.25, -0.2) is 0 Å². The van der Waals surface area contributed by atoms with Crippen LogP contribution in [0.1, 0.15) is 22.3 Å². The summed E-state index contributed by atoms with van der Waals surface area (Å²) in [6.45, 7) is 3.34. The lowest BCUT2D eigenvalue weighted by molar-refractivity contribution is -0.274. The molecule has 9 rings (SSSR count). The minimum atomic E-state index is -5.10. The highest BCUT2D eigenvalue weighted by Gasteiger charge is 2.45. The fourth-order valence-corrected chi connectivity index (χ4v) is 8.43. The number of rotatable bonds is 5. The molecule has 0 radical (unpaired) electrons. The standard InChI is InChI=1S/C47H30BF9N2O/c1-27-11-21-40-36(23-27)48-37-24-28(2)12-22-41(37)59(39-10-6-4-8-35(39)30-15-19-32(20-16-30)46(52,53)54)43-26-33(60-47(55,56)57)25-42(44(43)48)58(40)38-9-5-3-7-34(38)29-13-17-31(18-14-29)45(49,50)51/h3-26H,1-2H3. The zero-order chi connectivity index (χ0) is 42.3. The largest absolute Gasteiger partial charge is 0.573 e. The summed E-state index contributed by atoms with van der Waals surface area (Å²) in [6.07, 6.45) is -14.2. The number of anilines is 6. The second kappa shape index (κ2) is 14.0. The van der Waals surface area contributed by atoms with E-state index in [9.17, 15) is 39.5 Å². The van der Waals surface area contributed by atoms with E-state index < -0.39 is 42.3 Å². The quantitative estimate of drug-likeness (QED) is 0.127. The first-order valence-corrected chi connectivity index (χ1v) is 18.7. The first-order valence-electron chi connectivity index (χ1n) is 18.7. The molecule has 0 fully saturated rings. The van der Waals surface area contributed by atoms with Crippen molar-refractivity contribution >= 4 is 57.2 Å². The number of alkyl halides is 9. The van der Waals surface area contributed by atoms with Crippen LogP contribution in [0.3, 0.4) is 0 Å². The van der Waals surface area contributed by atoms with Gasteiger partial charge in [0.25, 0.3) is 6.71 Å². The van der Waals surface area contributed by atoms with Crippen LogP contribution in [-0.2, 0) is 12.4 Å². The van der Waals surface area contributed by atoms with Crippen molar-refractivity contribution in [3.63, 3.8) is 0 Å². The van der Waals surface area contributed by atoms with E-state index >= 15 is 0 Å². The number of hydrogen-bond acceptors (Lipinski definition) is 3. The lowest BCUT2D eigenvalue weighted by atomic mass is 9.33. The molecule has 0 N–H and O–H groups in total. The van der Waals surface area contributed by atoms with Gasteiger partial charge in [0.1, 0.15) is 5.75 Å². The summed E-state index contributed by atoms with van der Waals surface area (Å²) in [5, 5.41) is 0. The topological polar surface area (TPSA) is 15.7 Å². The van der Waals surface area contributed by atoms with E-state index in [0.717, 1.165) is 46.3 Å². The normalized spacial score (nSPS) is 13.5. The zero-order valence-corrected chi connectivity index (χ0v) is 31.6. The minimum absolute atomic E-state index is 0.330. The van der Waals surface area contributed by atoms with Gasteiger partial charge in [0, 0.05) is 46.0 Å². The van der Waals surface area contributed by atoms with Crippen molar-refractivity contribution in [3.05, 3.63) is 168 Å². The van der Waals surface area contributed by atoms with Gasteiger partial charge >= 0.3 is 18.7 Å². The third-order valence-corrected chi connectivity index (χ3v) is 10.9. The molecular weight excluding hydrogens is 790 g/mol. The Bertz CT molecular complexity index is 2620. The maximum atomic E-state index is 14.3. The van der Waals surface area contributed by atoms with Crippen LogP contribution in [0, 0.1) is 13.8 Å². The highest BCUT2D eigenvalue weighted by Crippen LogP contribution is 2.50. The molecule has 2 aliphatic heterocycles. The number of hydrogen-bond donors (Lipinski definition) is 0. The van der Waals surface area contributed by atoms with Crippen LogP contribution in [0.4, 0.5) is 73.6 Å². The molecule has 13 heteroatoms. The van der Waals surface area contributed by atoms with Crippen molar-refractivity contribution < 1.29 is 44.3 Å². The predicted molar refractivity (Wildman–Crippen MR) is 217 cm³/mol. The summed E-state index contributed by atoms with van der Waals surface area (Å²) in [5.41, 5.74) is 7.27. The van der Waals surface area contributed by atoms with Crippen molar-refractivity contribution in [2.24, 2.45) is 0 Å². The highest BCUT2D eigenvalue weighted by molar-refractivity contribution is 7.00. The number of aryl methyl sites for hydroxylation is 2. The van der Waals surface area contributed by atoms with Crippen LogP contribution in [0.25, 0.3) is 22.3 Å². The first kappa shape index (κ1) is 38.9. The highest BCUT2D eigenvalue weighted by atomic mass is 19.4. The predicted octanol–water partition coefficient (Wildman–Crippen LogP) is 12.7. The monoisotopic (exact) mass is 820 g/mol. The molecule has 7 aromatic carbocycles. The lowest BCUT2D eigenvalue weighted by Gasteiger charge is -2.45. The average Bonchev–Trinajstić information content (AvgIpc) is 3.20. The average molecular weight is 821 g/mol. The van der Waals surface area contributed by atoms with Crippen LogP contribution < -0.4 is 30.9 Å². The fourth-order valence-electron chi connectivity index (χ4n) is 8.43. The number of para-hydroxylation sites is 2. The van der Waals surface area contributed by atoms with E-state index in [1.165, 1.54) is 36.4 Å². The van der Waals surface area contributed by atoms with Gasteiger partial charge in [-0.1, -0.05) is 96.1 Å². The fraction of sp³-hybridized carbons (Fsp3) is 0.106. The maximum absolute atomic E-state index is 14.3. The lowest BCUT2D eigenvalue weighted by Crippen LogP contribution is -2.61. The van der Waals surface area contributed by atoms with Crippen LogP contribution >= 0.6 is 0 Å². The molecule has 0 saturated heterocycles. The Labute approximate surface area is 339 Å². The summed E-state index contributed by atoms with van der Waals surface area (Å²) in [5.74, 6) is -0.532. The number of fused-ring (bicyclic) bond motifs is 4. The Kier molecular flexibility index (Phi) is 9.07. The molecule has 2 heterocycles. The molecule has 0 spiro atoms. The minimum Gasteiger partial charge on any atom is -0.406 e. The Morgan fingerprint density at radius 1 is 0.433 bits per heavy atom. The molecular formula is C47H30BF9N2O. The molecule has 0 amide bonds. The SMILES string of the molecule is Cc1ccc2c(c1)B1c3cc(C)ccc3N(c3ccccc3-c3ccc(C(F)(F)F)cc3)c3cc(OC(F)(F)F)cc(c31)N2c1ccccc1-c1ccc(C(F)(F)F)cc1. The second-order valence-electron chi connectivity index (χ2n) is 14.8. The van der Waals surface area contributed by atoms with Gasteiger partial charge in [-0.3, -0.25) is 0 Å². The molecule has 0 unspecified atom stereocenters. The van der Waals surface area contributed by atoms with Crippen LogP contribution in [0.5, 0.6) is 5.75 Å². The number of halogens is 9. The summed E-state index contributed by atoms with van der Waals surface area (Å²) in [6, 6.07) is 37.6. The third kappa shape index (κ3) is 6.81. The molecule has 0 aromatic heterocycles. The third-order valence-electron chi connectivity index (χ3n) is 10.9. The molecule has 0 atom stereocenters. The maximum Gasteiger partial charge on any atom is 0.573 e. The number of ether oxygens (including phenoxy) is 1. The Hall–Kier alpha value is -6.63. The molecule has 300 valence electrons. The zero-order valence-electron chi connectivity index (χ0n) is 31.6. The van der Waals surface area contributed by atoms with Gasteiger partial charge in [0.15, 0.2) is 0 Å². The molecule has 7 aromatic rings. The van der Waals surface area contributed by atoms with Crippen LogP contribution in [-0.4, -0.2) is 13.1 Å². The summed E-state index contributed by atoms with van der Waals surface area (Å²) in [7, 11) is 0. The molecule has 3 nitrogen and oxygen atoms in total. The van der Waals surface area contributed by atoms with Crippen molar-refractivity contribution in [1.82, 2.24) is 0 Å². The van der Waals surface area contributed by atoms with Crippen molar-refractivity contribution in [3.8, 4) is 28.0 Å². The Morgan fingerprint density at radius 2 is 0.833 bits per heavy atom. The van der Waals surface area contributed by atoms with Gasteiger partial charge < -0.3 is 14.5 Å². The van der Waals surface area contributed by atoms with E-state index in [2.05, 4.69) is 0 Å². The molecule has 0 saturated carbocycles. The van der Waals surface area contributed by atoms with Crippen LogP contribution in [0.2, 0.25) is 0 Å². The van der Waals surface area contributed by atoms with Crippen molar-refractivity contribution in [2.75, 3.05) is 9.80 Å². The van der Waals surface area contributed by atoms with E-state index in [1.54, 1.807) is 48.5 Å². The van der Waals surface area contributed by atoms with Gasteiger partial charge in [-0.05, 0) is 89.9 Å². The molecule has 2 aliphatic rings. The van der Waals surface area contributed by atoms with Gasteiger partial charge in [0.2, 0.25) is 0 Å². The van der Waals surface area contributed by atoms with E-state index in [-0.39, 0.29) is 0 Å². The van der Waals surface area contributed by atoms with Gasteiger partial charge in [-0.15, -0.1) is 13.2 Å². The van der Waals surface area contributed by atoms with E-state index in [1.807, 2.05) is 60.0 Å². The smallest absolute Gasteiger partial charge is 0.406 e. The molecule has 60 heavy (non-hydrogen) atoms. The second-order valence-corrected chi connectivity index (χ2v) is 14.8. The van der Waals surface area contributed by atoms with Crippen molar-refractivity contribution in [2.45, 2.75) is 32.6 Å². The summed E-state index contributed by atoms with van der Waals surface area (Å²) >= 11 is 0. The van der Waals surface area contributed by atoms with Crippen molar-refractivity contribution in [1.29, 1.82) is 0 Å². The molecule has 0 bridgehead atoms. The van der Waals surface area contributed by atoms with Crippen LogP contribution in [0.15, 0.2) is 146 Å². The van der Waals surface area contributed by atoms with Gasteiger partial charge in [0.05, 0.1) is 22.5 Å². The van der Waals surface area contributed by atoms with E-state index in [0.29, 0.717) is 61.8 Å². The summed E-state index contributed by atoms with van der Waals surface area (Å²) in [4.78, 5) is 3.64. The van der Waals surface area contributed by atoms with Gasteiger partial charge in [-0.2, -0.15) is 26.3 Å². The molecule has 0 aliphatic carbocycles. The first-order chi connectivity index (χ1) is 28.5. The Morgan fingerprint density at radius 3 is 1.22 bits per heavy atom. The Balaban J connectivity index is 1.35. The van der Waals surface area contributed by atoms with E-state index in [4.69, 9.17) is 4.74 Å².